The lowest BCUT2D eigenvalue weighted by Gasteiger charge is -2.33. The quantitative estimate of drug-likeness (QED) is 0.780. The van der Waals surface area contributed by atoms with Crippen LogP contribution in [0.3, 0.4) is 0 Å². The average Bonchev–Trinajstić information content (AvgIpc) is 3.03. The van der Waals surface area contributed by atoms with Crippen LogP contribution in [0.15, 0.2) is 30.3 Å². The summed E-state index contributed by atoms with van der Waals surface area (Å²) in [5, 5.41) is 17.6. The van der Waals surface area contributed by atoms with E-state index in [2.05, 4.69) is 10.6 Å². The summed E-state index contributed by atoms with van der Waals surface area (Å²) in [6.07, 6.45) is 7.53. The molecule has 0 spiro atoms. The number of piperidine rings is 1. The molecule has 2 fully saturated rings. The maximum absolute atomic E-state index is 10.3. The van der Waals surface area contributed by atoms with Gasteiger partial charge in [0.2, 0.25) is 0 Å². The molecule has 0 aromatic heterocycles. The van der Waals surface area contributed by atoms with Crippen LogP contribution in [0.5, 0.6) is 0 Å². The molecule has 3 heteroatoms. The van der Waals surface area contributed by atoms with Gasteiger partial charge in [-0.3, -0.25) is 0 Å². The number of rotatable bonds is 5. The molecular weight excluding hydrogens is 260 g/mol. The van der Waals surface area contributed by atoms with Crippen LogP contribution in [0.25, 0.3) is 0 Å². The summed E-state index contributed by atoms with van der Waals surface area (Å²) in [5.41, 5.74) is 1.01. The fourth-order valence-corrected chi connectivity index (χ4v) is 4.02. The normalized spacial score (nSPS) is 31.2. The highest BCUT2D eigenvalue weighted by molar-refractivity contribution is 5.17. The van der Waals surface area contributed by atoms with Gasteiger partial charge in [-0.05, 0) is 43.7 Å². The van der Waals surface area contributed by atoms with Crippen molar-refractivity contribution < 1.29 is 5.11 Å². The van der Waals surface area contributed by atoms with Crippen molar-refractivity contribution in [2.24, 2.45) is 5.92 Å². The van der Waals surface area contributed by atoms with E-state index in [9.17, 15) is 5.11 Å². The molecule has 1 saturated heterocycles. The van der Waals surface area contributed by atoms with E-state index in [0.717, 1.165) is 11.5 Å². The largest absolute Gasteiger partial charge is 0.387 e. The lowest BCUT2D eigenvalue weighted by Crippen LogP contribution is -2.47. The van der Waals surface area contributed by atoms with Crippen LogP contribution in [0.1, 0.15) is 50.2 Å². The van der Waals surface area contributed by atoms with Gasteiger partial charge in [-0.2, -0.15) is 0 Å². The third-order valence-corrected chi connectivity index (χ3v) is 5.19. The SMILES string of the molecule is OC(CNC1CCCC1C1CCCCN1)c1ccccc1. The molecule has 4 atom stereocenters. The minimum atomic E-state index is -0.397. The molecule has 1 aliphatic heterocycles. The van der Waals surface area contributed by atoms with Gasteiger partial charge in [0.25, 0.3) is 0 Å². The smallest absolute Gasteiger partial charge is 0.0914 e. The Kier molecular flexibility index (Phi) is 5.28. The van der Waals surface area contributed by atoms with Crippen molar-refractivity contribution in [3.05, 3.63) is 35.9 Å². The van der Waals surface area contributed by atoms with Gasteiger partial charge in [0.1, 0.15) is 0 Å². The number of aliphatic hydroxyl groups is 1. The minimum Gasteiger partial charge on any atom is -0.387 e. The van der Waals surface area contributed by atoms with Gasteiger partial charge in [-0.1, -0.05) is 43.2 Å². The second kappa shape index (κ2) is 7.39. The number of benzene rings is 1. The molecular formula is C18H28N2O. The Morgan fingerprint density at radius 1 is 1.10 bits per heavy atom. The van der Waals surface area contributed by atoms with E-state index < -0.39 is 6.10 Å². The minimum absolute atomic E-state index is 0.397. The number of hydrogen-bond donors (Lipinski definition) is 3. The maximum atomic E-state index is 10.3. The van der Waals surface area contributed by atoms with Gasteiger partial charge in [-0.15, -0.1) is 0 Å². The van der Waals surface area contributed by atoms with Crippen LogP contribution < -0.4 is 10.6 Å². The van der Waals surface area contributed by atoms with Crippen LogP contribution in [0, 0.1) is 5.92 Å². The molecule has 1 aromatic carbocycles. The van der Waals surface area contributed by atoms with Crippen LogP contribution in [0.4, 0.5) is 0 Å². The summed E-state index contributed by atoms with van der Waals surface area (Å²) in [6, 6.07) is 11.2. The second-order valence-electron chi connectivity index (χ2n) is 6.59. The highest BCUT2D eigenvalue weighted by Crippen LogP contribution is 2.32. The van der Waals surface area contributed by atoms with E-state index in [1.165, 1.54) is 45.1 Å². The van der Waals surface area contributed by atoms with Crippen LogP contribution in [-0.2, 0) is 0 Å². The first-order chi connectivity index (χ1) is 10.3. The fourth-order valence-electron chi connectivity index (χ4n) is 4.02. The van der Waals surface area contributed by atoms with Crippen molar-refractivity contribution in [3.8, 4) is 0 Å². The van der Waals surface area contributed by atoms with E-state index in [4.69, 9.17) is 0 Å². The average molecular weight is 288 g/mol. The van der Waals surface area contributed by atoms with E-state index >= 15 is 0 Å². The summed E-state index contributed by atoms with van der Waals surface area (Å²) in [7, 11) is 0. The van der Waals surface area contributed by atoms with Gasteiger partial charge in [0.05, 0.1) is 6.10 Å². The first-order valence-corrected chi connectivity index (χ1v) is 8.54. The Hall–Kier alpha value is -0.900. The molecule has 116 valence electrons. The van der Waals surface area contributed by atoms with E-state index in [0.29, 0.717) is 18.6 Å². The lowest BCUT2D eigenvalue weighted by atomic mass is 9.88. The van der Waals surface area contributed by atoms with Crippen LogP contribution >= 0.6 is 0 Å². The van der Waals surface area contributed by atoms with Crippen molar-refractivity contribution in [3.63, 3.8) is 0 Å². The van der Waals surface area contributed by atoms with Crippen molar-refractivity contribution >= 4 is 0 Å². The molecule has 2 aliphatic rings. The molecule has 4 unspecified atom stereocenters. The Balaban J connectivity index is 1.51. The molecule has 1 aromatic rings. The molecule has 1 heterocycles. The second-order valence-corrected chi connectivity index (χ2v) is 6.59. The molecule has 1 aliphatic carbocycles. The molecule has 21 heavy (non-hydrogen) atoms. The highest BCUT2D eigenvalue weighted by atomic mass is 16.3. The van der Waals surface area contributed by atoms with Crippen molar-refractivity contribution in [2.45, 2.75) is 56.7 Å². The molecule has 0 amide bonds. The Labute approximate surface area is 128 Å². The number of nitrogens with one attached hydrogen (secondary N) is 2. The van der Waals surface area contributed by atoms with Crippen molar-refractivity contribution in [1.82, 2.24) is 10.6 Å². The Morgan fingerprint density at radius 2 is 1.95 bits per heavy atom. The van der Waals surface area contributed by atoms with Crippen LogP contribution in [-0.4, -0.2) is 30.3 Å². The Bertz CT molecular complexity index is 416. The monoisotopic (exact) mass is 288 g/mol. The maximum Gasteiger partial charge on any atom is 0.0914 e. The molecule has 1 saturated carbocycles. The molecule has 3 N–H and O–H groups in total. The lowest BCUT2D eigenvalue weighted by molar-refractivity contribution is 0.160. The Morgan fingerprint density at radius 3 is 2.71 bits per heavy atom. The van der Waals surface area contributed by atoms with Crippen molar-refractivity contribution in [1.29, 1.82) is 0 Å². The van der Waals surface area contributed by atoms with E-state index in [-0.39, 0.29) is 0 Å². The first-order valence-electron chi connectivity index (χ1n) is 8.54. The van der Waals surface area contributed by atoms with Gasteiger partial charge in [0.15, 0.2) is 0 Å². The summed E-state index contributed by atoms with van der Waals surface area (Å²) in [6.45, 7) is 1.85. The van der Waals surface area contributed by atoms with Crippen LogP contribution in [0.2, 0.25) is 0 Å². The molecule has 0 bridgehead atoms. The fraction of sp³-hybridized carbons (Fsp3) is 0.667. The van der Waals surface area contributed by atoms with Gasteiger partial charge in [0, 0.05) is 18.6 Å². The summed E-state index contributed by atoms with van der Waals surface area (Å²) >= 11 is 0. The van der Waals surface area contributed by atoms with E-state index in [1.54, 1.807) is 0 Å². The number of aliphatic hydroxyl groups excluding tert-OH is 1. The molecule has 3 nitrogen and oxygen atoms in total. The highest BCUT2D eigenvalue weighted by Gasteiger charge is 2.34. The molecule has 0 radical (unpaired) electrons. The predicted molar refractivity (Wildman–Crippen MR) is 86.2 cm³/mol. The zero-order valence-corrected chi connectivity index (χ0v) is 12.8. The summed E-state index contributed by atoms with van der Waals surface area (Å²) in [4.78, 5) is 0. The van der Waals surface area contributed by atoms with E-state index in [1.807, 2.05) is 30.3 Å². The third-order valence-electron chi connectivity index (χ3n) is 5.19. The predicted octanol–water partition coefficient (Wildman–Crippen LogP) is 2.62. The van der Waals surface area contributed by atoms with Gasteiger partial charge in [-0.25, -0.2) is 0 Å². The van der Waals surface area contributed by atoms with Gasteiger partial charge >= 0.3 is 0 Å². The standard InChI is InChI=1S/C18H28N2O/c21-18(14-7-2-1-3-8-14)13-20-17-11-6-9-15(17)16-10-4-5-12-19-16/h1-3,7-8,15-21H,4-6,9-13H2. The molecule has 3 rings (SSSR count). The third kappa shape index (κ3) is 3.85. The topological polar surface area (TPSA) is 44.3 Å². The van der Waals surface area contributed by atoms with Crippen molar-refractivity contribution in [2.75, 3.05) is 13.1 Å². The number of hydrogen-bond acceptors (Lipinski definition) is 3. The van der Waals surface area contributed by atoms with Gasteiger partial charge < -0.3 is 15.7 Å². The zero-order chi connectivity index (χ0) is 14.5. The summed E-state index contributed by atoms with van der Waals surface area (Å²) in [5.74, 6) is 0.744. The first kappa shape index (κ1) is 15.0. The zero-order valence-electron chi connectivity index (χ0n) is 12.8. The summed E-state index contributed by atoms with van der Waals surface area (Å²) < 4.78 is 0.